The highest BCUT2D eigenvalue weighted by molar-refractivity contribution is 5.26. The molecular weight excluding hydrogens is 219 g/mol. The minimum Gasteiger partial charge on any atom is -0.304 e. The third-order valence-electron chi connectivity index (χ3n) is 2.52. The van der Waals surface area contributed by atoms with Crippen LogP contribution in [-0.4, -0.2) is 21.7 Å². The van der Waals surface area contributed by atoms with E-state index in [-0.39, 0.29) is 11.9 Å². The second kappa shape index (κ2) is 5.54. The minimum absolute atomic E-state index is 0.238. The van der Waals surface area contributed by atoms with Gasteiger partial charge in [-0.15, -0.1) is 0 Å². The first-order valence-corrected chi connectivity index (χ1v) is 5.66. The Morgan fingerprint density at radius 1 is 1.41 bits per heavy atom. The molecule has 0 aliphatic carbocycles. The van der Waals surface area contributed by atoms with E-state index in [2.05, 4.69) is 27.4 Å². The molecule has 1 aromatic carbocycles. The van der Waals surface area contributed by atoms with Crippen LogP contribution in [0.15, 0.2) is 30.6 Å². The van der Waals surface area contributed by atoms with E-state index in [0.29, 0.717) is 11.4 Å². The summed E-state index contributed by atoms with van der Waals surface area (Å²) in [5, 5.41) is 9.84. The van der Waals surface area contributed by atoms with Crippen molar-refractivity contribution in [1.29, 1.82) is 0 Å². The number of aromatic amines is 1. The van der Waals surface area contributed by atoms with Crippen LogP contribution in [0.5, 0.6) is 0 Å². The molecule has 90 valence electrons. The van der Waals surface area contributed by atoms with Crippen molar-refractivity contribution in [3.05, 3.63) is 47.8 Å². The number of halogens is 1. The molecule has 0 saturated carbocycles. The third kappa shape index (κ3) is 2.68. The van der Waals surface area contributed by atoms with E-state index in [4.69, 9.17) is 0 Å². The SMILES string of the molecule is CCCNC(c1ncn[nH]1)c1ccccc1F. The summed E-state index contributed by atoms with van der Waals surface area (Å²) in [5.41, 5.74) is 0.581. The van der Waals surface area contributed by atoms with Crippen molar-refractivity contribution in [1.82, 2.24) is 20.5 Å². The van der Waals surface area contributed by atoms with Crippen LogP contribution in [0.25, 0.3) is 0 Å². The number of benzene rings is 1. The molecule has 2 aromatic rings. The molecule has 1 heterocycles. The van der Waals surface area contributed by atoms with E-state index in [1.807, 2.05) is 6.07 Å². The van der Waals surface area contributed by atoms with E-state index in [1.54, 1.807) is 12.1 Å². The van der Waals surface area contributed by atoms with E-state index >= 15 is 0 Å². The number of H-pyrrole nitrogens is 1. The smallest absolute Gasteiger partial charge is 0.146 e. The summed E-state index contributed by atoms with van der Waals surface area (Å²) in [6, 6.07) is 6.42. The highest BCUT2D eigenvalue weighted by Crippen LogP contribution is 2.21. The monoisotopic (exact) mass is 234 g/mol. The first-order chi connectivity index (χ1) is 8.33. The lowest BCUT2D eigenvalue weighted by atomic mass is 10.1. The van der Waals surface area contributed by atoms with Crippen LogP contribution in [0, 0.1) is 5.82 Å². The van der Waals surface area contributed by atoms with Gasteiger partial charge in [-0.2, -0.15) is 5.10 Å². The third-order valence-corrected chi connectivity index (χ3v) is 2.52. The number of aromatic nitrogens is 3. The normalized spacial score (nSPS) is 12.6. The Labute approximate surface area is 99.3 Å². The summed E-state index contributed by atoms with van der Waals surface area (Å²) in [4.78, 5) is 4.09. The zero-order valence-corrected chi connectivity index (χ0v) is 9.65. The summed E-state index contributed by atoms with van der Waals surface area (Å²) in [6.45, 7) is 2.85. The van der Waals surface area contributed by atoms with Gasteiger partial charge in [0.2, 0.25) is 0 Å². The molecule has 1 unspecified atom stereocenters. The maximum atomic E-state index is 13.8. The Kier molecular flexibility index (Phi) is 3.82. The van der Waals surface area contributed by atoms with Gasteiger partial charge in [0.1, 0.15) is 18.0 Å². The number of nitrogens with zero attached hydrogens (tertiary/aromatic N) is 2. The van der Waals surface area contributed by atoms with Gasteiger partial charge in [0.25, 0.3) is 0 Å². The van der Waals surface area contributed by atoms with Gasteiger partial charge < -0.3 is 5.32 Å². The van der Waals surface area contributed by atoms with Crippen molar-refractivity contribution in [3.63, 3.8) is 0 Å². The lowest BCUT2D eigenvalue weighted by Gasteiger charge is -2.16. The lowest BCUT2D eigenvalue weighted by Crippen LogP contribution is -2.25. The molecular formula is C12H15FN4. The lowest BCUT2D eigenvalue weighted by molar-refractivity contribution is 0.531. The van der Waals surface area contributed by atoms with Gasteiger partial charge >= 0.3 is 0 Å². The van der Waals surface area contributed by atoms with Crippen LogP contribution in [0.2, 0.25) is 0 Å². The van der Waals surface area contributed by atoms with Gasteiger partial charge in [-0.25, -0.2) is 9.37 Å². The Hall–Kier alpha value is -1.75. The summed E-state index contributed by atoms with van der Waals surface area (Å²) < 4.78 is 13.8. The Morgan fingerprint density at radius 3 is 2.88 bits per heavy atom. The second-order valence-electron chi connectivity index (χ2n) is 3.78. The zero-order chi connectivity index (χ0) is 12.1. The number of hydrogen-bond acceptors (Lipinski definition) is 3. The molecule has 0 aliphatic rings. The fourth-order valence-corrected chi connectivity index (χ4v) is 1.71. The van der Waals surface area contributed by atoms with E-state index in [9.17, 15) is 4.39 Å². The van der Waals surface area contributed by atoms with E-state index < -0.39 is 0 Å². The first kappa shape index (κ1) is 11.7. The number of hydrogen-bond donors (Lipinski definition) is 2. The molecule has 0 amide bonds. The van der Waals surface area contributed by atoms with Crippen LogP contribution >= 0.6 is 0 Å². The minimum atomic E-state index is -0.279. The van der Waals surface area contributed by atoms with E-state index in [0.717, 1.165) is 13.0 Å². The summed E-state index contributed by atoms with van der Waals surface area (Å²) in [7, 11) is 0. The van der Waals surface area contributed by atoms with Crippen molar-refractivity contribution in [2.75, 3.05) is 6.54 Å². The van der Waals surface area contributed by atoms with Crippen molar-refractivity contribution in [3.8, 4) is 0 Å². The van der Waals surface area contributed by atoms with Crippen molar-refractivity contribution in [2.45, 2.75) is 19.4 Å². The molecule has 1 aromatic heterocycles. The molecule has 0 bridgehead atoms. The zero-order valence-electron chi connectivity index (χ0n) is 9.65. The van der Waals surface area contributed by atoms with Gasteiger partial charge in [0.15, 0.2) is 0 Å². The van der Waals surface area contributed by atoms with Crippen LogP contribution in [0.4, 0.5) is 4.39 Å². The average Bonchev–Trinajstić information content (AvgIpc) is 2.85. The van der Waals surface area contributed by atoms with Gasteiger partial charge in [0, 0.05) is 5.56 Å². The van der Waals surface area contributed by atoms with Crippen molar-refractivity contribution in [2.24, 2.45) is 0 Å². The van der Waals surface area contributed by atoms with Crippen molar-refractivity contribution < 1.29 is 4.39 Å². The molecule has 0 aliphatic heterocycles. The second-order valence-corrected chi connectivity index (χ2v) is 3.78. The Balaban J connectivity index is 2.30. The standard InChI is InChI=1S/C12H15FN4/c1-2-7-14-11(12-15-8-16-17-12)9-5-3-4-6-10(9)13/h3-6,8,11,14H,2,7H2,1H3,(H,15,16,17). The number of rotatable bonds is 5. The molecule has 1 atom stereocenters. The van der Waals surface area contributed by atoms with Gasteiger partial charge in [-0.3, -0.25) is 5.10 Å². The molecule has 0 spiro atoms. The van der Waals surface area contributed by atoms with Crippen LogP contribution in [0.3, 0.4) is 0 Å². The van der Waals surface area contributed by atoms with Crippen molar-refractivity contribution >= 4 is 0 Å². The van der Waals surface area contributed by atoms with Crippen LogP contribution in [0.1, 0.15) is 30.8 Å². The van der Waals surface area contributed by atoms with Gasteiger partial charge in [-0.1, -0.05) is 25.1 Å². The molecule has 17 heavy (non-hydrogen) atoms. The molecule has 4 nitrogen and oxygen atoms in total. The predicted molar refractivity (Wildman–Crippen MR) is 62.9 cm³/mol. The fraction of sp³-hybridized carbons (Fsp3) is 0.333. The molecule has 5 heteroatoms. The summed E-state index contributed by atoms with van der Waals surface area (Å²) in [5.74, 6) is 0.390. The topological polar surface area (TPSA) is 53.6 Å². The Morgan fingerprint density at radius 2 is 2.24 bits per heavy atom. The van der Waals surface area contributed by atoms with Crippen LogP contribution < -0.4 is 5.32 Å². The maximum absolute atomic E-state index is 13.8. The predicted octanol–water partition coefficient (Wildman–Crippen LogP) is 2.03. The first-order valence-electron chi connectivity index (χ1n) is 5.66. The Bertz CT molecular complexity index is 455. The molecule has 0 radical (unpaired) electrons. The molecule has 2 rings (SSSR count). The molecule has 2 N–H and O–H groups in total. The highest BCUT2D eigenvalue weighted by Gasteiger charge is 2.19. The molecule has 0 saturated heterocycles. The average molecular weight is 234 g/mol. The largest absolute Gasteiger partial charge is 0.304 e. The van der Waals surface area contributed by atoms with Gasteiger partial charge in [-0.05, 0) is 19.0 Å². The van der Waals surface area contributed by atoms with Gasteiger partial charge in [0.05, 0.1) is 6.04 Å². The summed E-state index contributed by atoms with van der Waals surface area (Å²) >= 11 is 0. The van der Waals surface area contributed by atoms with Crippen LogP contribution in [-0.2, 0) is 0 Å². The summed E-state index contributed by atoms with van der Waals surface area (Å²) in [6.07, 6.45) is 2.40. The highest BCUT2D eigenvalue weighted by atomic mass is 19.1. The fourth-order valence-electron chi connectivity index (χ4n) is 1.71. The molecule has 0 fully saturated rings. The number of nitrogens with one attached hydrogen (secondary N) is 2. The van der Waals surface area contributed by atoms with E-state index in [1.165, 1.54) is 12.4 Å². The maximum Gasteiger partial charge on any atom is 0.146 e. The quantitative estimate of drug-likeness (QED) is 0.832.